The molecular weight excluding hydrogens is 279 g/mol. The summed E-state index contributed by atoms with van der Waals surface area (Å²) in [5, 5.41) is 0. The van der Waals surface area contributed by atoms with Gasteiger partial charge in [0.05, 0.1) is 11.2 Å². The molecule has 1 aromatic carbocycles. The van der Waals surface area contributed by atoms with Gasteiger partial charge in [0.1, 0.15) is 5.75 Å². The number of aryl methyl sites for hydroxylation is 2. The molecule has 0 saturated carbocycles. The molecule has 1 aliphatic rings. The molecule has 1 aromatic rings. The normalized spacial score (nSPS) is 19.5. The van der Waals surface area contributed by atoms with Crippen molar-refractivity contribution in [2.75, 3.05) is 13.4 Å². The molecule has 0 aliphatic carbocycles. The van der Waals surface area contributed by atoms with Crippen molar-refractivity contribution in [3.05, 3.63) is 23.3 Å². The number of hydrogen-bond acceptors (Lipinski definition) is 4. The van der Waals surface area contributed by atoms with Gasteiger partial charge in [-0.3, -0.25) is 0 Å². The van der Waals surface area contributed by atoms with E-state index in [0.717, 1.165) is 22.3 Å². The Balaban J connectivity index is 2.34. The summed E-state index contributed by atoms with van der Waals surface area (Å²) in [7, 11) is -0.428. The second kappa shape index (κ2) is 6.22. The van der Waals surface area contributed by atoms with E-state index in [1.54, 1.807) is 0 Å². The molecule has 1 fully saturated rings. The first-order valence-electron chi connectivity index (χ1n) is 7.85. The highest BCUT2D eigenvalue weighted by Gasteiger charge is 2.52. The molecule has 1 heterocycles. The molecule has 22 heavy (non-hydrogen) atoms. The van der Waals surface area contributed by atoms with E-state index in [9.17, 15) is 0 Å². The molecule has 2 rings (SSSR count). The molecule has 0 atom stereocenters. The van der Waals surface area contributed by atoms with Crippen LogP contribution in [0.5, 0.6) is 5.75 Å². The highest BCUT2D eigenvalue weighted by atomic mass is 16.7. The Labute approximate surface area is 134 Å². The predicted octanol–water partition coefficient (Wildman–Crippen LogP) is 2.98. The van der Waals surface area contributed by atoms with Crippen molar-refractivity contribution in [3.63, 3.8) is 0 Å². The zero-order valence-electron chi connectivity index (χ0n) is 14.8. The molecule has 0 aromatic heterocycles. The first-order valence-corrected chi connectivity index (χ1v) is 7.85. The van der Waals surface area contributed by atoms with E-state index in [1.807, 2.05) is 13.0 Å². The van der Waals surface area contributed by atoms with Gasteiger partial charge in [0.15, 0.2) is 6.79 Å². The Kier molecular flexibility index (Phi) is 4.90. The zero-order valence-corrected chi connectivity index (χ0v) is 14.8. The molecule has 0 radical (unpaired) electrons. The largest absolute Gasteiger partial charge is 0.498 e. The second-order valence-electron chi connectivity index (χ2n) is 6.84. The third kappa shape index (κ3) is 3.32. The summed E-state index contributed by atoms with van der Waals surface area (Å²) in [6, 6.07) is 4.13. The van der Waals surface area contributed by atoms with Crippen LogP contribution in [0.3, 0.4) is 0 Å². The Hall–Kier alpha value is -1.04. The topological polar surface area (TPSA) is 36.9 Å². The summed E-state index contributed by atoms with van der Waals surface area (Å²) in [6.07, 6.45) is 0. The summed E-state index contributed by atoms with van der Waals surface area (Å²) in [4.78, 5) is 0. The van der Waals surface area contributed by atoms with Crippen molar-refractivity contribution in [2.24, 2.45) is 0 Å². The third-order valence-electron chi connectivity index (χ3n) is 4.48. The van der Waals surface area contributed by atoms with Gasteiger partial charge in [0, 0.05) is 12.1 Å². The maximum atomic E-state index is 6.17. The highest BCUT2D eigenvalue weighted by molar-refractivity contribution is 6.63. The van der Waals surface area contributed by atoms with Crippen molar-refractivity contribution in [2.45, 2.75) is 59.7 Å². The van der Waals surface area contributed by atoms with Gasteiger partial charge < -0.3 is 18.8 Å². The number of benzene rings is 1. The van der Waals surface area contributed by atoms with Crippen LogP contribution in [-0.4, -0.2) is 31.7 Å². The van der Waals surface area contributed by atoms with Gasteiger partial charge in [-0.15, -0.1) is 0 Å². The molecule has 1 aliphatic heterocycles. The van der Waals surface area contributed by atoms with Crippen molar-refractivity contribution >= 4 is 12.6 Å². The monoisotopic (exact) mass is 306 g/mol. The number of hydrogen-bond donors (Lipinski definition) is 0. The van der Waals surface area contributed by atoms with Crippen molar-refractivity contribution in [1.82, 2.24) is 0 Å². The van der Waals surface area contributed by atoms with Crippen LogP contribution in [0.4, 0.5) is 0 Å². The van der Waals surface area contributed by atoms with E-state index < -0.39 is 7.12 Å². The van der Waals surface area contributed by atoms with Crippen LogP contribution in [0, 0.1) is 13.8 Å². The van der Waals surface area contributed by atoms with Gasteiger partial charge >= 0.3 is 7.12 Å². The van der Waals surface area contributed by atoms with E-state index in [0.29, 0.717) is 6.61 Å². The summed E-state index contributed by atoms with van der Waals surface area (Å²) in [6.45, 7) is 15.1. The van der Waals surface area contributed by atoms with E-state index in [2.05, 4.69) is 47.6 Å². The first-order chi connectivity index (χ1) is 10.2. The van der Waals surface area contributed by atoms with Gasteiger partial charge in [-0.2, -0.15) is 0 Å². The summed E-state index contributed by atoms with van der Waals surface area (Å²) in [5.74, 6) is 0.768. The van der Waals surface area contributed by atoms with E-state index in [1.165, 1.54) is 0 Å². The van der Waals surface area contributed by atoms with Crippen LogP contribution in [0.15, 0.2) is 12.1 Å². The summed E-state index contributed by atoms with van der Waals surface area (Å²) >= 11 is 0. The summed E-state index contributed by atoms with van der Waals surface area (Å²) in [5.41, 5.74) is 2.46. The molecule has 0 unspecified atom stereocenters. The highest BCUT2D eigenvalue weighted by Crippen LogP contribution is 2.37. The van der Waals surface area contributed by atoms with E-state index in [-0.39, 0.29) is 18.0 Å². The Morgan fingerprint density at radius 1 is 1.05 bits per heavy atom. The van der Waals surface area contributed by atoms with Gasteiger partial charge in [-0.25, -0.2) is 0 Å². The Morgan fingerprint density at radius 2 is 1.64 bits per heavy atom. The Morgan fingerprint density at radius 3 is 2.18 bits per heavy atom. The number of rotatable bonds is 5. The minimum absolute atomic E-state index is 0.228. The first kappa shape index (κ1) is 17.3. The smallest absolute Gasteiger partial charge is 0.468 e. The van der Waals surface area contributed by atoms with Gasteiger partial charge in [0.25, 0.3) is 0 Å². The quantitative estimate of drug-likeness (QED) is 0.476. The minimum Gasteiger partial charge on any atom is -0.468 e. The van der Waals surface area contributed by atoms with Crippen LogP contribution in [0.25, 0.3) is 0 Å². The standard InChI is InChI=1S/C17H27BO4/c1-8-19-11-20-14-10-12(2)9-13(3)15(14)18-21-16(4,5)17(6,7)22-18/h9-10H,8,11H2,1-7H3. The lowest BCUT2D eigenvalue weighted by Crippen LogP contribution is -2.41. The minimum atomic E-state index is -0.428. The van der Waals surface area contributed by atoms with E-state index >= 15 is 0 Å². The second-order valence-corrected chi connectivity index (χ2v) is 6.84. The van der Waals surface area contributed by atoms with Gasteiger partial charge in [-0.05, 0) is 65.7 Å². The predicted molar refractivity (Wildman–Crippen MR) is 88.8 cm³/mol. The maximum Gasteiger partial charge on any atom is 0.498 e. The maximum absolute atomic E-state index is 6.17. The zero-order chi connectivity index (χ0) is 16.5. The van der Waals surface area contributed by atoms with Crippen molar-refractivity contribution in [3.8, 4) is 5.75 Å². The average Bonchev–Trinajstić information content (AvgIpc) is 2.57. The molecule has 5 heteroatoms. The number of ether oxygens (including phenoxy) is 2. The molecule has 4 nitrogen and oxygen atoms in total. The third-order valence-corrected chi connectivity index (χ3v) is 4.48. The molecule has 0 N–H and O–H groups in total. The SMILES string of the molecule is CCOCOc1cc(C)cc(C)c1B1OC(C)(C)C(C)(C)O1. The molecular formula is C17H27BO4. The van der Waals surface area contributed by atoms with Gasteiger partial charge in [0.2, 0.25) is 0 Å². The molecule has 0 bridgehead atoms. The fourth-order valence-electron chi connectivity index (χ4n) is 2.51. The fourth-order valence-corrected chi connectivity index (χ4v) is 2.51. The van der Waals surface area contributed by atoms with E-state index in [4.69, 9.17) is 18.8 Å². The Bertz CT molecular complexity index is 524. The van der Waals surface area contributed by atoms with Crippen LogP contribution in [0.2, 0.25) is 0 Å². The molecule has 0 amide bonds. The lowest BCUT2D eigenvalue weighted by atomic mass is 9.75. The average molecular weight is 306 g/mol. The van der Waals surface area contributed by atoms with Crippen molar-refractivity contribution in [1.29, 1.82) is 0 Å². The van der Waals surface area contributed by atoms with Crippen molar-refractivity contribution < 1.29 is 18.8 Å². The summed E-state index contributed by atoms with van der Waals surface area (Å²) < 4.78 is 23.5. The molecule has 122 valence electrons. The molecule has 1 saturated heterocycles. The fraction of sp³-hybridized carbons (Fsp3) is 0.647. The van der Waals surface area contributed by atoms with Crippen LogP contribution in [-0.2, 0) is 14.0 Å². The van der Waals surface area contributed by atoms with Crippen LogP contribution < -0.4 is 10.2 Å². The molecule has 0 spiro atoms. The van der Waals surface area contributed by atoms with Crippen LogP contribution in [0.1, 0.15) is 45.7 Å². The lowest BCUT2D eigenvalue weighted by molar-refractivity contribution is 0.00578. The lowest BCUT2D eigenvalue weighted by Gasteiger charge is -2.32. The van der Waals surface area contributed by atoms with Gasteiger partial charge in [-0.1, -0.05) is 6.07 Å². The van der Waals surface area contributed by atoms with Crippen LogP contribution >= 0.6 is 0 Å².